The molecule has 0 amide bonds. The topological polar surface area (TPSA) is 55.4 Å². The van der Waals surface area contributed by atoms with E-state index in [4.69, 9.17) is 16.3 Å². The molecular weight excluding hydrogens is 310 g/mol. The Morgan fingerprint density at radius 3 is 2.52 bits per heavy atom. The van der Waals surface area contributed by atoms with Gasteiger partial charge in [-0.05, 0) is 29.3 Å². The average molecular weight is 326 g/mol. The highest BCUT2D eigenvalue weighted by Gasteiger charge is 2.13. The molecule has 0 saturated carbocycles. The average Bonchev–Trinajstić information content (AvgIpc) is 2.46. The molecule has 2 aromatic carbocycles. The predicted octanol–water partition coefficient (Wildman–Crippen LogP) is 2.96. The van der Waals surface area contributed by atoms with Crippen LogP contribution in [0.4, 0.5) is 0 Å². The fourth-order valence-electron chi connectivity index (χ4n) is 1.89. The van der Waals surface area contributed by atoms with Crippen LogP contribution in [0.1, 0.15) is 11.1 Å². The van der Waals surface area contributed by atoms with Gasteiger partial charge >= 0.3 is 0 Å². The largest absolute Gasteiger partial charge is 0.380 e. The van der Waals surface area contributed by atoms with Gasteiger partial charge in [-0.3, -0.25) is 0 Å². The molecule has 0 bridgehead atoms. The smallest absolute Gasteiger partial charge is 0.240 e. The van der Waals surface area contributed by atoms with Crippen LogP contribution in [-0.2, 0) is 27.9 Å². The molecule has 0 aliphatic heterocycles. The normalized spacial score (nSPS) is 11.5. The van der Waals surface area contributed by atoms with Crippen molar-refractivity contribution in [2.24, 2.45) is 0 Å². The van der Waals surface area contributed by atoms with Crippen molar-refractivity contribution in [1.29, 1.82) is 0 Å². The highest BCUT2D eigenvalue weighted by molar-refractivity contribution is 7.89. The minimum absolute atomic E-state index is 0.156. The molecule has 0 atom stereocenters. The van der Waals surface area contributed by atoms with Crippen molar-refractivity contribution < 1.29 is 13.2 Å². The first-order valence-corrected chi connectivity index (χ1v) is 8.19. The van der Waals surface area contributed by atoms with Crippen molar-refractivity contribution in [2.45, 2.75) is 18.0 Å². The lowest BCUT2D eigenvalue weighted by Crippen LogP contribution is -2.23. The second kappa shape index (κ2) is 7.04. The summed E-state index contributed by atoms with van der Waals surface area (Å²) < 4.78 is 32.0. The van der Waals surface area contributed by atoms with Gasteiger partial charge < -0.3 is 4.74 Å². The number of benzene rings is 2. The highest BCUT2D eigenvalue weighted by atomic mass is 35.5. The van der Waals surface area contributed by atoms with Crippen molar-refractivity contribution in [3.63, 3.8) is 0 Å². The third kappa shape index (κ3) is 4.54. The maximum atomic E-state index is 12.2. The molecule has 112 valence electrons. The van der Waals surface area contributed by atoms with Gasteiger partial charge in [-0.1, -0.05) is 41.9 Å². The first-order valence-electron chi connectivity index (χ1n) is 6.33. The summed E-state index contributed by atoms with van der Waals surface area (Å²) in [7, 11) is -1.95. The molecule has 1 N–H and O–H groups in total. The minimum atomic E-state index is -3.57. The molecule has 0 saturated heterocycles. The maximum Gasteiger partial charge on any atom is 0.240 e. The van der Waals surface area contributed by atoms with Gasteiger partial charge in [0.25, 0.3) is 0 Å². The first kappa shape index (κ1) is 16.0. The SMILES string of the molecule is COCc1cccc(CNS(=O)(=O)c2cccc(Cl)c2)c1. The number of hydrogen-bond acceptors (Lipinski definition) is 3. The monoisotopic (exact) mass is 325 g/mol. The van der Waals surface area contributed by atoms with Crippen LogP contribution in [0.5, 0.6) is 0 Å². The summed E-state index contributed by atoms with van der Waals surface area (Å²) in [5.41, 5.74) is 1.87. The first-order chi connectivity index (χ1) is 10.0. The molecule has 2 aromatic rings. The summed E-state index contributed by atoms with van der Waals surface area (Å²) in [5, 5.41) is 0.389. The zero-order chi connectivity index (χ0) is 15.3. The Morgan fingerprint density at radius 1 is 1.10 bits per heavy atom. The van der Waals surface area contributed by atoms with Crippen LogP contribution in [0.2, 0.25) is 5.02 Å². The molecule has 0 heterocycles. The molecule has 0 unspecified atom stereocenters. The Labute approximate surface area is 129 Å². The Morgan fingerprint density at radius 2 is 1.81 bits per heavy atom. The number of sulfonamides is 1. The van der Waals surface area contributed by atoms with Crippen molar-refractivity contribution >= 4 is 21.6 Å². The third-order valence-corrected chi connectivity index (χ3v) is 4.51. The molecule has 0 aromatic heterocycles. The fraction of sp³-hybridized carbons (Fsp3) is 0.200. The van der Waals surface area contributed by atoms with Gasteiger partial charge in [0.1, 0.15) is 0 Å². The Hall–Kier alpha value is -1.40. The molecule has 0 aliphatic carbocycles. The molecule has 0 aliphatic rings. The van der Waals surface area contributed by atoms with Crippen LogP contribution in [0.15, 0.2) is 53.4 Å². The van der Waals surface area contributed by atoms with Crippen LogP contribution in [-0.4, -0.2) is 15.5 Å². The quantitative estimate of drug-likeness (QED) is 0.888. The van der Waals surface area contributed by atoms with Crippen LogP contribution in [0.25, 0.3) is 0 Å². The fourth-order valence-corrected chi connectivity index (χ4v) is 3.21. The number of ether oxygens (including phenoxy) is 1. The molecular formula is C15H16ClNO3S. The van der Waals surface area contributed by atoms with Crippen molar-refractivity contribution in [1.82, 2.24) is 4.72 Å². The standard InChI is InChI=1S/C15H16ClNO3S/c1-20-11-13-5-2-4-12(8-13)10-17-21(18,19)15-7-3-6-14(16)9-15/h2-9,17H,10-11H2,1H3. The number of rotatable bonds is 6. The highest BCUT2D eigenvalue weighted by Crippen LogP contribution is 2.16. The summed E-state index contributed by atoms with van der Waals surface area (Å²) in [6.45, 7) is 0.710. The zero-order valence-corrected chi connectivity index (χ0v) is 13.1. The number of methoxy groups -OCH3 is 1. The summed E-state index contributed by atoms with van der Waals surface area (Å²) >= 11 is 5.82. The molecule has 0 spiro atoms. The van der Waals surface area contributed by atoms with Crippen molar-refractivity contribution in [3.05, 3.63) is 64.7 Å². The summed E-state index contributed by atoms with van der Waals surface area (Å²) in [6, 6.07) is 13.7. The van der Waals surface area contributed by atoms with Gasteiger partial charge in [0, 0.05) is 18.7 Å². The predicted molar refractivity (Wildman–Crippen MR) is 82.6 cm³/mol. The lowest BCUT2D eigenvalue weighted by atomic mass is 10.1. The van der Waals surface area contributed by atoms with E-state index < -0.39 is 10.0 Å². The lowest BCUT2D eigenvalue weighted by molar-refractivity contribution is 0.185. The second-order valence-electron chi connectivity index (χ2n) is 4.53. The van der Waals surface area contributed by atoms with E-state index in [9.17, 15) is 8.42 Å². The van der Waals surface area contributed by atoms with Crippen LogP contribution >= 0.6 is 11.6 Å². The van der Waals surface area contributed by atoms with E-state index in [0.717, 1.165) is 11.1 Å². The van der Waals surface area contributed by atoms with E-state index in [0.29, 0.717) is 11.6 Å². The Balaban J connectivity index is 2.10. The molecule has 4 nitrogen and oxygen atoms in total. The summed E-state index contributed by atoms with van der Waals surface area (Å²) in [6.07, 6.45) is 0. The summed E-state index contributed by atoms with van der Waals surface area (Å²) in [4.78, 5) is 0.156. The van der Waals surface area contributed by atoms with Gasteiger partial charge in [0.2, 0.25) is 10.0 Å². The molecule has 21 heavy (non-hydrogen) atoms. The minimum Gasteiger partial charge on any atom is -0.380 e. The van der Waals surface area contributed by atoms with E-state index in [1.54, 1.807) is 19.2 Å². The van der Waals surface area contributed by atoms with Crippen LogP contribution < -0.4 is 4.72 Å². The third-order valence-electron chi connectivity index (χ3n) is 2.88. The van der Waals surface area contributed by atoms with Crippen LogP contribution in [0.3, 0.4) is 0 Å². The number of hydrogen-bond donors (Lipinski definition) is 1. The number of halogens is 1. The van der Waals surface area contributed by atoms with Gasteiger partial charge in [0.05, 0.1) is 11.5 Å². The van der Waals surface area contributed by atoms with Crippen molar-refractivity contribution in [3.8, 4) is 0 Å². The molecule has 0 fully saturated rings. The van der Waals surface area contributed by atoms with E-state index in [-0.39, 0.29) is 11.4 Å². The van der Waals surface area contributed by atoms with Gasteiger partial charge in [0.15, 0.2) is 0 Å². The Bertz CT molecular complexity index is 716. The van der Waals surface area contributed by atoms with Crippen molar-refractivity contribution in [2.75, 3.05) is 7.11 Å². The van der Waals surface area contributed by atoms with Gasteiger partial charge in [-0.15, -0.1) is 0 Å². The molecule has 2 rings (SSSR count). The lowest BCUT2D eigenvalue weighted by Gasteiger charge is -2.08. The molecule has 6 heteroatoms. The second-order valence-corrected chi connectivity index (χ2v) is 6.74. The number of nitrogens with one attached hydrogen (secondary N) is 1. The van der Waals surface area contributed by atoms with E-state index in [1.807, 2.05) is 24.3 Å². The zero-order valence-electron chi connectivity index (χ0n) is 11.5. The van der Waals surface area contributed by atoms with E-state index in [2.05, 4.69) is 4.72 Å². The summed E-state index contributed by atoms with van der Waals surface area (Å²) in [5.74, 6) is 0. The Kier molecular flexibility index (Phi) is 5.36. The maximum absolute atomic E-state index is 12.2. The van der Waals surface area contributed by atoms with Gasteiger partial charge in [-0.2, -0.15) is 0 Å². The van der Waals surface area contributed by atoms with Crippen LogP contribution in [0, 0.1) is 0 Å². The molecule has 0 radical (unpaired) electrons. The van der Waals surface area contributed by atoms with E-state index in [1.165, 1.54) is 12.1 Å². The van der Waals surface area contributed by atoms with Gasteiger partial charge in [-0.25, -0.2) is 13.1 Å². The van der Waals surface area contributed by atoms with E-state index >= 15 is 0 Å².